The molecule has 0 unspecified atom stereocenters. The fourth-order valence-corrected chi connectivity index (χ4v) is 2.42. The molecule has 1 aliphatic rings. The highest BCUT2D eigenvalue weighted by atomic mass is 32.1. The van der Waals surface area contributed by atoms with Crippen LogP contribution in [0.5, 0.6) is 0 Å². The zero-order chi connectivity index (χ0) is 15.4. The first-order valence-corrected chi connectivity index (χ1v) is 6.88. The van der Waals surface area contributed by atoms with Crippen molar-refractivity contribution in [1.29, 1.82) is 0 Å². The summed E-state index contributed by atoms with van der Waals surface area (Å²) in [7, 11) is 0. The number of aromatic carboxylic acids is 1. The van der Waals surface area contributed by atoms with Gasteiger partial charge < -0.3 is 15.7 Å². The van der Waals surface area contributed by atoms with E-state index in [2.05, 4.69) is 15.6 Å². The standard InChI is InChI=1S/C11H12N4O5S/c16-7(4-15-9(17)3-13-11(15)20)12-2-1-8-14-6(5-21-8)10(18)19/h5H,1-4H2,(H,12,16)(H,13,20)(H,18,19). The summed E-state index contributed by atoms with van der Waals surface area (Å²) in [5, 5.41) is 15.6. The number of hydrogen-bond donors (Lipinski definition) is 3. The molecule has 9 nitrogen and oxygen atoms in total. The van der Waals surface area contributed by atoms with E-state index in [1.54, 1.807) is 0 Å². The molecule has 0 aromatic carbocycles. The summed E-state index contributed by atoms with van der Waals surface area (Å²) in [6.45, 7) is -0.179. The largest absolute Gasteiger partial charge is 0.476 e. The lowest BCUT2D eigenvalue weighted by molar-refractivity contribution is -0.130. The lowest BCUT2D eigenvalue weighted by Gasteiger charge is -2.11. The molecule has 1 aliphatic heterocycles. The summed E-state index contributed by atoms with van der Waals surface area (Å²) >= 11 is 1.19. The van der Waals surface area contributed by atoms with E-state index < -0.39 is 23.8 Å². The number of carbonyl (C=O) groups is 4. The van der Waals surface area contributed by atoms with E-state index >= 15 is 0 Å². The maximum absolute atomic E-state index is 11.6. The van der Waals surface area contributed by atoms with Gasteiger partial charge in [0, 0.05) is 18.3 Å². The average molecular weight is 312 g/mol. The van der Waals surface area contributed by atoms with Gasteiger partial charge in [0.05, 0.1) is 11.6 Å². The summed E-state index contributed by atoms with van der Waals surface area (Å²) in [5.41, 5.74) is -0.0272. The zero-order valence-electron chi connectivity index (χ0n) is 10.8. The van der Waals surface area contributed by atoms with Gasteiger partial charge in [-0.2, -0.15) is 0 Å². The molecule has 1 aromatic rings. The molecule has 0 saturated carbocycles. The third kappa shape index (κ3) is 3.75. The van der Waals surface area contributed by atoms with Crippen LogP contribution in [0.3, 0.4) is 0 Å². The quantitative estimate of drug-likeness (QED) is 0.581. The highest BCUT2D eigenvalue weighted by Gasteiger charge is 2.29. The Morgan fingerprint density at radius 1 is 1.48 bits per heavy atom. The number of imide groups is 1. The average Bonchev–Trinajstić information content (AvgIpc) is 3.01. The molecule has 0 atom stereocenters. The first kappa shape index (κ1) is 14.9. The van der Waals surface area contributed by atoms with E-state index in [0.29, 0.717) is 11.4 Å². The van der Waals surface area contributed by atoms with Crippen molar-refractivity contribution in [3.63, 3.8) is 0 Å². The van der Waals surface area contributed by atoms with E-state index in [1.165, 1.54) is 16.7 Å². The highest BCUT2D eigenvalue weighted by molar-refractivity contribution is 7.09. The molecule has 3 N–H and O–H groups in total. The van der Waals surface area contributed by atoms with Crippen LogP contribution in [0.2, 0.25) is 0 Å². The third-order valence-corrected chi connectivity index (χ3v) is 3.58. The monoisotopic (exact) mass is 312 g/mol. The predicted molar refractivity (Wildman–Crippen MR) is 70.9 cm³/mol. The van der Waals surface area contributed by atoms with E-state index in [9.17, 15) is 19.2 Å². The number of carboxylic acids is 1. The van der Waals surface area contributed by atoms with E-state index in [-0.39, 0.29) is 25.3 Å². The van der Waals surface area contributed by atoms with Crippen LogP contribution in [-0.4, -0.2) is 58.4 Å². The van der Waals surface area contributed by atoms with Crippen molar-refractivity contribution in [1.82, 2.24) is 20.5 Å². The van der Waals surface area contributed by atoms with Gasteiger partial charge in [-0.25, -0.2) is 14.6 Å². The highest BCUT2D eigenvalue weighted by Crippen LogP contribution is 2.09. The minimum absolute atomic E-state index is 0.0272. The second-order valence-electron chi connectivity index (χ2n) is 4.17. The number of carboxylic acid groups (broad SMARTS) is 1. The fraction of sp³-hybridized carbons (Fsp3) is 0.364. The molecule has 0 spiro atoms. The normalized spacial score (nSPS) is 14.2. The van der Waals surface area contributed by atoms with Gasteiger partial charge in [-0.1, -0.05) is 0 Å². The molecule has 0 radical (unpaired) electrons. The maximum Gasteiger partial charge on any atom is 0.355 e. The molecule has 2 heterocycles. The Labute approximate surface area is 123 Å². The molecule has 4 amide bonds. The summed E-state index contributed by atoms with van der Waals surface area (Å²) in [5.74, 6) is -2.00. The lowest BCUT2D eigenvalue weighted by atomic mass is 10.4. The van der Waals surface area contributed by atoms with E-state index in [0.717, 1.165) is 4.90 Å². The van der Waals surface area contributed by atoms with Crippen LogP contribution < -0.4 is 10.6 Å². The van der Waals surface area contributed by atoms with Gasteiger partial charge in [0.2, 0.25) is 5.91 Å². The number of urea groups is 1. The maximum atomic E-state index is 11.6. The van der Waals surface area contributed by atoms with Crippen LogP contribution in [0.15, 0.2) is 5.38 Å². The van der Waals surface area contributed by atoms with Crippen LogP contribution in [0.1, 0.15) is 15.5 Å². The molecule has 0 bridgehead atoms. The molecule has 21 heavy (non-hydrogen) atoms. The van der Waals surface area contributed by atoms with Gasteiger partial charge in [0.1, 0.15) is 6.54 Å². The summed E-state index contributed by atoms with van der Waals surface area (Å²) in [6.07, 6.45) is 0.379. The summed E-state index contributed by atoms with van der Waals surface area (Å²) in [4.78, 5) is 49.5. The van der Waals surface area contributed by atoms with Crippen LogP contribution in [0.4, 0.5) is 4.79 Å². The molecule has 0 aliphatic carbocycles. The first-order valence-electron chi connectivity index (χ1n) is 6.00. The Hall–Kier alpha value is -2.49. The number of nitrogens with zero attached hydrogens (tertiary/aromatic N) is 2. The Kier molecular flexibility index (Phi) is 4.48. The van der Waals surface area contributed by atoms with Gasteiger partial charge in [-0.15, -0.1) is 11.3 Å². The zero-order valence-corrected chi connectivity index (χ0v) is 11.6. The number of aromatic nitrogens is 1. The molecule has 1 saturated heterocycles. The Morgan fingerprint density at radius 2 is 2.24 bits per heavy atom. The van der Waals surface area contributed by atoms with Gasteiger partial charge in [-0.05, 0) is 0 Å². The number of thiazole rings is 1. The van der Waals surface area contributed by atoms with Crippen molar-refractivity contribution in [2.24, 2.45) is 0 Å². The Balaban J connectivity index is 1.75. The van der Waals surface area contributed by atoms with Crippen molar-refractivity contribution in [2.45, 2.75) is 6.42 Å². The summed E-state index contributed by atoms with van der Waals surface area (Å²) in [6, 6.07) is -0.582. The summed E-state index contributed by atoms with van der Waals surface area (Å²) < 4.78 is 0. The molecule has 112 valence electrons. The van der Waals surface area contributed by atoms with Crippen LogP contribution in [0, 0.1) is 0 Å². The Morgan fingerprint density at radius 3 is 2.81 bits per heavy atom. The molecule has 1 fully saturated rings. The molecular formula is C11H12N4O5S. The number of hydrogen-bond acceptors (Lipinski definition) is 6. The number of rotatable bonds is 6. The minimum atomic E-state index is -1.10. The first-order chi connectivity index (χ1) is 9.97. The number of nitrogens with one attached hydrogen (secondary N) is 2. The minimum Gasteiger partial charge on any atom is -0.476 e. The van der Waals surface area contributed by atoms with E-state index in [1.807, 2.05) is 0 Å². The van der Waals surface area contributed by atoms with Crippen LogP contribution in [0.25, 0.3) is 0 Å². The molecule has 2 rings (SSSR count). The second-order valence-corrected chi connectivity index (χ2v) is 5.11. The smallest absolute Gasteiger partial charge is 0.355 e. The van der Waals surface area contributed by atoms with Gasteiger partial charge in [0.15, 0.2) is 5.69 Å². The van der Waals surface area contributed by atoms with Crippen molar-refractivity contribution in [2.75, 3.05) is 19.6 Å². The third-order valence-electron chi connectivity index (χ3n) is 2.67. The van der Waals surface area contributed by atoms with Gasteiger partial charge in [-0.3, -0.25) is 14.5 Å². The Bertz CT molecular complexity index is 583. The van der Waals surface area contributed by atoms with Crippen LogP contribution in [-0.2, 0) is 16.0 Å². The molecular weight excluding hydrogens is 300 g/mol. The van der Waals surface area contributed by atoms with Crippen molar-refractivity contribution in [3.05, 3.63) is 16.1 Å². The molecule has 10 heteroatoms. The SMILES string of the molecule is O=C(CN1C(=O)CNC1=O)NCCc1nc(C(=O)O)cs1. The van der Waals surface area contributed by atoms with Crippen molar-refractivity contribution >= 4 is 35.2 Å². The van der Waals surface area contributed by atoms with Crippen molar-refractivity contribution < 1.29 is 24.3 Å². The topological polar surface area (TPSA) is 129 Å². The van der Waals surface area contributed by atoms with Gasteiger partial charge in [0.25, 0.3) is 5.91 Å². The van der Waals surface area contributed by atoms with Gasteiger partial charge >= 0.3 is 12.0 Å². The molecule has 1 aromatic heterocycles. The predicted octanol–water partition coefficient (Wildman–Crippen LogP) is -0.948. The fourth-order valence-electron chi connectivity index (χ4n) is 1.65. The van der Waals surface area contributed by atoms with Crippen molar-refractivity contribution in [3.8, 4) is 0 Å². The van der Waals surface area contributed by atoms with E-state index in [4.69, 9.17) is 5.11 Å². The number of carbonyl (C=O) groups excluding carboxylic acids is 3. The van der Waals surface area contributed by atoms with Crippen LogP contribution >= 0.6 is 11.3 Å². The lowest BCUT2D eigenvalue weighted by Crippen LogP contribution is -2.41. The number of amides is 4. The second kappa shape index (κ2) is 6.31.